The Hall–Kier alpha value is -0.860. The van der Waals surface area contributed by atoms with E-state index in [4.69, 9.17) is 5.73 Å². The van der Waals surface area contributed by atoms with Gasteiger partial charge in [0.05, 0.1) is 0 Å². The zero-order valence-corrected chi connectivity index (χ0v) is 11.5. The summed E-state index contributed by atoms with van der Waals surface area (Å²) in [5.41, 5.74) is 8.52. The van der Waals surface area contributed by atoms with E-state index in [0.717, 1.165) is 13.1 Å². The van der Waals surface area contributed by atoms with Gasteiger partial charge in [0, 0.05) is 6.04 Å². The quantitative estimate of drug-likeness (QED) is 0.794. The summed E-state index contributed by atoms with van der Waals surface area (Å²) in [5.74, 6) is 1.19. The minimum absolute atomic E-state index is 0.393. The minimum atomic E-state index is 0.393. The lowest BCUT2D eigenvalue weighted by Gasteiger charge is -2.23. The third-order valence-electron chi connectivity index (χ3n) is 3.59. The number of hydrogen-bond acceptors (Lipinski definition) is 2. The van der Waals surface area contributed by atoms with E-state index in [-0.39, 0.29) is 0 Å². The maximum atomic E-state index is 5.79. The van der Waals surface area contributed by atoms with Crippen LogP contribution in [0.2, 0.25) is 0 Å². The lowest BCUT2D eigenvalue weighted by Crippen LogP contribution is -2.33. The normalized spacial score (nSPS) is 14.9. The van der Waals surface area contributed by atoms with E-state index in [2.05, 4.69) is 57.3 Å². The van der Waals surface area contributed by atoms with Crippen LogP contribution in [-0.4, -0.2) is 13.1 Å². The van der Waals surface area contributed by atoms with E-state index in [0.29, 0.717) is 17.9 Å². The van der Waals surface area contributed by atoms with Crippen molar-refractivity contribution in [2.24, 2.45) is 17.6 Å². The fourth-order valence-electron chi connectivity index (χ4n) is 2.10. The highest BCUT2D eigenvalue weighted by Gasteiger charge is 2.13. The van der Waals surface area contributed by atoms with Gasteiger partial charge in [-0.15, -0.1) is 0 Å². The van der Waals surface area contributed by atoms with Gasteiger partial charge in [-0.3, -0.25) is 0 Å². The molecule has 0 amide bonds. The Kier molecular flexibility index (Phi) is 5.66. The molecule has 0 aromatic heterocycles. The predicted molar refractivity (Wildman–Crippen MR) is 75.0 cm³/mol. The van der Waals surface area contributed by atoms with Crippen molar-refractivity contribution >= 4 is 0 Å². The Morgan fingerprint density at radius 1 is 1.18 bits per heavy atom. The summed E-state index contributed by atoms with van der Waals surface area (Å²) < 4.78 is 0. The first-order valence-electron chi connectivity index (χ1n) is 6.55. The summed E-state index contributed by atoms with van der Waals surface area (Å²) in [6.07, 6.45) is 0. The zero-order valence-electron chi connectivity index (χ0n) is 11.5. The highest BCUT2D eigenvalue weighted by Crippen LogP contribution is 2.17. The van der Waals surface area contributed by atoms with Gasteiger partial charge < -0.3 is 11.1 Å². The summed E-state index contributed by atoms with van der Waals surface area (Å²) in [7, 11) is 0. The van der Waals surface area contributed by atoms with Crippen molar-refractivity contribution in [3.8, 4) is 0 Å². The highest BCUT2D eigenvalue weighted by atomic mass is 14.9. The van der Waals surface area contributed by atoms with E-state index >= 15 is 0 Å². The average Bonchev–Trinajstić information content (AvgIpc) is 2.29. The molecule has 0 aliphatic heterocycles. The molecule has 0 saturated carbocycles. The second-order valence-electron chi connectivity index (χ2n) is 5.23. The van der Waals surface area contributed by atoms with Crippen LogP contribution in [0.3, 0.4) is 0 Å². The van der Waals surface area contributed by atoms with Gasteiger partial charge in [0.1, 0.15) is 0 Å². The van der Waals surface area contributed by atoms with Gasteiger partial charge >= 0.3 is 0 Å². The van der Waals surface area contributed by atoms with Gasteiger partial charge in [-0.25, -0.2) is 0 Å². The molecule has 96 valence electrons. The molecule has 0 radical (unpaired) electrons. The van der Waals surface area contributed by atoms with Crippen molar-refractivity contribution in [1.82, 2.24) is 5.32 Å². The molecule has 0 aliphatic carbocycles. The smallest absolute Gasteiger partial charge is 0.0294 e. The summed E-state index contributed by atoms with van der Waals surface area (Å²) in [6, 6.07) is 8.94. The molecule has 1 aromatic carbocycles. The molecule has 2 atom stereocenters. The first-order valence-corrected chi connectivity index (χ1v) is 6.55. The second kappa shape index (κ2) is 6.77. The standard InChI is InChI=1S/C15H26N2/c1-11(2)14(9-16)10-17-13(4)15-8-6-5-7-12(15)3/h5-8,11,13-14,17H,9-10,16H2,1-4H3. The van der Waals surface area contributed by atoms with Crippen molar-refractivity contribution < 1.29 is 0 Å². The molecule has 1 rings (SSSR count). The Balaban J connectivity index is 2.55. The van der Waals surface area contributed by atoms with Gasteiger partial charge in [0.2, 0.25) is 0 Å². The molecule has 2 nitrogen and oxygen atoms in total. The number of benzene rings is 1. The summed E-state index contributed by atoms with van der Waals surface area (Å²) in [4.78, 5) is 0. The summed E-state index contributed by atoms with van der Waals surface area (Å²) >= 11 is 0. The highest BCUT2D eigenvalue weighted by molar-refractivity contribution is 5.28. The maximum Gasteiger partial charge on any atom is 0.0294 e. The molecule has 0 saturated heterocycles. The van der Waals surface area contributed by atoms with Crippen LogP contribution in [0.1, 0.15) is 37.9 Å². The molecular formula is C15H26N2. The van der Waals surface area contributed by atoms with E-state index in [1.165, 1.54) is 11.1 Å². The van der Waals surface area contributed by atoms with Crippen LogP contribution >= 0.6 is 0 Å². The number of rotatable bonds is 6. The van der Waals surface area contributed by atoms with E-state index in [1.807, 2.05) is 0 Å². The molecule has 2 unspecified atom stereocenters. The molecule has 3 N–H and O–H groups in total. The van der Waals surface area contributed by atoms with Crippen LogP contribution in [0.4, 0.5) is 0 Å². The summed E-state index contributed by atoms with van der Waals surface area (Å²) in [5, 5.41) is 3.59. The first kappa shape index (κ1) is 14.2. The Morgan fingerprint density at radius 3 is 2.35 bits per heavy atom. The molecule has 0 spiro atoms. The fraction of sp³-hybridized carbons (Fsp3) is 0.600. The lowest BCUT2D eigenvalue weighted by atomic mass is 9.95. The largest absolute Gasteiger partial charge is 0.330 e. The van der Waals surface area contributed by atoms with Gasteiger partial charge in [0.15, 0.2) is 0 Å². The van der Waals surface area contributed by atoms with Gasteiger partial charge in [-0.05, 0) is 49.9 Å². The lowest BCUT2D eigenvalue weighted by molar-refractivity contribution is 0.356. The summed E-state index contributed by atoms with van der Waals surface area (Å²) in [6.45, 7) is 10.6. The molecule has 1 aromatic rings. The van der Waals surface area contributed by atoms with E-state index in [1.54, 1.807) is 0 Å². The average molecular weight is 234 g/mol. The van der Waals surface area contributed by atoms with Gasteiger partial charge in [0.25, 0.3) is 0 Å². The van der Waals surface area contributed by atoms with Gasteiger partial charge in [-0.1, -0.05) is 38.1 Å². The maximum absolute atomic E-state index is 5.79. The molecule has 0 fully saturated rings. The van der Waals surface area contributed by atoms with Crippen LogP contribution in [0.5, 0.6) is 0 Å². The topological polar surface area (TPSA) is 38.0 Å². The molecule has 0 aliphatic rings. The van der Waals surface area contributed by atoms with Crippen LogP contribution in [0.15, 0.2) is 24.3 Å². The third kappa shape index (κ3) is 4.14. The third-order valence-corrected chi connectivity index (χ3v) is 3.59. The molecule has 0 bridgehead atoms. The Morgan fingerprint density at radius 2 is 1.82 bits per heavy atom. The number of aryl methyl sites for hydroxylation is 1. The van der Waals surface area contributed by atoms with Crippen LogP contribution in [0, 0.1) is 18.8 Å². The molecular weight excluding hydrogens is 208 g/mol. The SMILES string of the molecule is Cc1ccccc1C(C)NCC(CN)C(C)C. The van der Waals surface area contributed by atoms with E-state index in [9.17, 15) is 0 Å². The second-order valence-corrected chi connectivity index (χ2v) is 5.23. The molecule has 2 heteroatoms. The monoisotopic (exact) mass is 234 g/mol. The molecule has 0 heterocycles. The number of hydrogen-bond donors (Lipinski definition) is 2. The van der Waals surface area contributed by atoms with Crippen molar-refractivity contribution in [2.75, 3.05) is 13.1 Å². The van der Waals surface area contributed by atoms with E-state index < -0.39 is 0 Å². The van der Waals surface area contributed by atoms with Crippen molar-refractivity contribution in [2.45, 2.75) is 33.7 Å². The number of nitrogens with two attached hydrogens (primary N) is 1. The van der Waals surface area contributed by atoms with Crippen molar-refractivity contribution in [3.63, 3.8) is 0 Å². The van der Waals surface area contributed by atoms with Crippen LogP contribution < -0.4 is 11.1 Å². The fourth-order valence-corrected chi connectivity index (χ4v) is 2.10. The Labute approximate surface area is 106 Å². The van der Waals surface area contributed by atoms with Crippen LogP contribution in [-0.2, 0) is 0 Å². The van der Waals surface area contributed by atoms with Crippen LogP contribution in [0.25, 0.3) is 0 Å². The van der Waals surface area contributed by atoms with Crippen molar-refractivity contribution in [3.05, 3.63) is 35.4 Å². The molecule has 17 heavy (non-hydrogen) atoms. The first-order chi connectivity index (χ1) is 8.06. The minimum Gasteiger partial charge on any atom is -0.330 e. The Bertz CT molecular complexity index is 333. The van der Waals surface area contributed by atoms with Crippen molar-refractivity contribution in [1.29, 1.82) is 0 Å². The predicted octanol–water partition coefficient (Wildman–Crippen LogP) is 2.88. The number of nitrogens with one attached hydrogen (secondary N) is 1. The zero-order chi connectivity index (χ0) is 12.8. The van der Waals surface area contributed by atoms with Gasteiger partial charge in [-0.2, -0.15) is 0 Å².